The molecule has 20 heavy (non-hydrogen) atoms. The predicted octanol–water partition coefficient (Wildman–Crippen LogP) is 3.40. The molecule has 4 heteroatoms. The van der Waals surface area contributed by atoms with Crippen molar-refractivity contribution in [3.05, 3.63) is 30.3 Å². The second-order valence-corrected chi connectivity index (χ2v) is 7.35. The molecule has 1 fully saturated rings. The summed E-state index contributed by atoms with van der Waals surface area (Å²) in [4.78, 5) is 5.91. The van der Waals surface area contributed by atoms with Crippen LogP contribution in [0, 0.1) is 0 Å². The van der Waals surface area contributed by atoms with Crippen LogP contribution in [0.25, 0.3) is 0 Å². The maximum absolute atomic E-state index is 5.93. The lowest BCUT2D eigenvalue weighted by Gasteiger charge is -2.26. The highest BCUT2D eigenvalue weighted by Gasteiger charge is 2.34. The first-order valence-electron chi connectivity index (χ1n) is 7.40. The van der Waals surface area contributed by atoms with Crippen LogP contribution in [0.5, 0.6) is 0 Å². The lowest BCUT2D eigenvalue weighted by molar-refractivity contribution is 0.615. The summed E-state index contributed by atoms with van der Waals surface area (Å²) in [5.74, 6) is 0.569. The van der Waals surface area contributed by atoms with Crippen molar-refractivity contribution >= 4 is 17.7 Å². The number of thioether (sulfide) groups is 1. The largest absolute Gasteiger partial charge is 0.370 e. The SMILES string of the molecule is CC(C)NC(N)=NCC1(Sc2ccccc2)CCCC1. The van der Waals surface area contributed by atoms with Gasteiger partial charge in [-0.1, -0.05) is 31.0 Å². The number of nitrogens with zero attached hydrogens (tertiary/aromatic N) is 1. The summed E-state index contributed by atoms with van der Waals surface area (Å²) < 4.78 is 0.227. The lowest BCUT2D eigenvalue weighted by Crippen LogP contribution is -2.38. The van der Waals surface area contributed by atoms with Crippen molar-refractivity contribution in [1.29, 1.82) is 0 Å². The first kappa shape index (κ1) is 15.2. The Morgan fingerprint density at radius 2 is 1.95 bits per heavy atom. The van der Waals surface area contributed by atoms with E-state index in [-0.39, 0.29) is 4.75 Å². The summed E-state index contributed by atoms with van der Waals surface area (Å²) in [5, 5.41) is 3.17. The fraction of sp³-hybridized carbons (Fsp3) is 0.562. The van der Waals surface area contributed by atoms with E-state index in [1.807, 2.05) is 11.8 Å². The van der Waals surface area contributed by atoms with Crippen LogP contribution >= 0.6 is 11.8 Å². The highest BCUT2D eigenvalue weighted by Crippen LogP contribution is 2.45. The Morgan fingerprint density at radius 3 is 2.55 bits per heavy atom. The van der Waals surface area contributed by atoms with Gasteiger partial charge in [0.15, 0.2) is 5.96 Å². The fourth-order valence-electron chi connectivity index (χ4n) is 2.62. The van der Waals surface area contributed by atoms with E-state index in [1.165, 1.54) is 30.6 Å². The summed E-state index contributed by atoms with van der Waals surface area (Å²) in [6, 6.07) is 11.0. The first-order chi connectivity index (χ1) is 9.60. The Kier molecular flexibility index (Phi) is 5.35. The molecule has 1 aliphatic carbocycles. The van der Waals surface area contributed by atoms with Gasteiger partial charge in [0, 0.05) is 15.7 Å². The van der Waals surface area contributed by atoms with Crippen molar-refractivity contribution < 1.29 is 0 Å². The van der Waals surface area contributed by atoms with E-state index >= 15 is 0 Å². The highest BCUT2D eigenvalue weighted by molar-refractivity contribution is 8.00. The van der Waals surface area contributed by atoms with Crippen molar-refractivity contribution in [3.63, 3.8) is 0 Å². The van der Waals surface area contributed by atoms with Crippen molar-refractivity contribution in [1.82, 2.24) is 5.32 Å². The summed E-state index contributed by atoms with van der Waals surface area (Å²) >= 11 is 1.97. The molecule has 0 bridgehead atoms. The second-order valence-electron chi connectivity index (χ2n) is 5.81. The molecular formula is C16H25N3S. The maximum Gasteiger partial charge on any atom is 0.188 e. The molecule has 0 aliphatic heterocycles. The Morgan fingerprint density at radius 1 is 1.30 bits per heavy atom. The minimum absolute atomic E-state index is 0.227. The van der Waals surface area contributed by atoms with Gasteiger partial charge in [-0.3, -0.25) is 4.99 Å². The third-order valence-corrected chi connectivity index (χ3v) is 5.04. The van der Waals surface area contributed by atoms with Crippen LogP contribution in [-0.2, 0) is 0 Å². The molecular weight excluding hydrogens is 266 g/mol. The maximum atomic E-state index is 5.93. The monoisotopic (exact) mass is 291 g/mol. The summed E-state index contributed by atoms with van der Waals surface area (Å²) in [6.45, 7) is 4.96. The summed E-state index contributed by atoms with van der Waals surface area (Å²) in [7, 11) is 0. The van der Waals surface area contributed by atoms with E-state index in [1.54, 1.807) is 0 Å². The number of hydrogen-bond donors (Lipinski definition) is 2. The van der Waals surface area contributed by atoms with Crippen molar-refractivity contribution in [3.8, 4) is 0 Å². The zero-order valence-electron chi connectivity index (χ0n) is 12.4. The molecule has 0 unspecified atom stereocenters. The molecule has 1 aliphatic rings. The van der Waals surface area contributed by atoms with Gasteiger partial charge in [-0.25, -0.2) is 0 Å². The minimum atomic E-state index is 0.227. The molecule has 0 radical (unpaired) electrons. The Balaban J connectivity index is 2.02. The number of nitrogens with two attached hydrogens (primary N) is 1. The van der Waals surface area contributed by atoms with E-state index in [9.17, 15) is 0 Å². The van der Waals surface area contributed by atoms with Crippen molar-refractivity contribution in [2.45, 2.75) is 55.2 Å². The molecule has 0 amide bonds. The number of nitrogens with one attached hydrogen (secondary N) is 1. The highest BCUT2D eigenvalue weighted by atomic mass is 32.2. The Bertz CT molecular complexity index is 436. The fourth-order valence-corrected chi connectivity index (χ4v) is 4.04. The number of aliphatic imine (C=N–C) groups is 1. The molecule has 1 aromatic carbocycles. The molecule has 0 spiro atoms. The van der Waals surface area contributed by atoms with Crippen LogP contribution < -0.4 is 11.1 Å². The summed E-state index contributed by atoms with van der Waals surface area (Å²) in [6.07, 6.45) is 5.05. The quantitative estimate of drug-likeness (QED) is 0.646. The van der Waals surface area contributed by atoms with E-state index in [4.69, 9.17) is 5.73 Å². The molecule has 0 atom stereocenters. The predicted molar refractivity (Wildman–Crippen MR) is 88.3 cm³/mol. The van der Waals surface area contributed by atoms with Crippen LogP contribution in [0.15, 0.2) is 40.2 Å². The van der Waals surface area contributed by atoms with Gasteiger partial charge in [-0.15, -0.1) is 11.8 Å². The van der Waals surface area contributed by atoms with Gasteiger partial charge in [0.25, 0.3) is 0 Å². The van der Waals surface area contributed by atoms with Gasteiger partial charge in [0.1, 0.15) is 0 Å². The molecule has 0 heterocycles. The zero-order chi connectivity index (χ0) is 14.4. The van der Waals surface area contributed by atoms with Gasteiger partial charge in [0.05, 0.1) is 6.54 Å². The van der Waals surface area contributed by atoms with E-state index in [2.05, 4.69) is 54.5 Å². The smallest absolute Gasteiger partial charge is 0.188 e. The normalized spacial score (nSPS) is 18.4. The van der Waals surface area contributed by atoms with Gasteiger partial charge >= 0.3 is 0 Å². The van der Waals surface area contributed by atoms with Crippen LogP contribution in [0.2, 0.25) is 0 Å². The molecule has 0 aromatic heterocycles. The van der Waals surface area contributed by atoms with Crippen molar-refractivity contribution in [2.24, 2.45) is 10.7 Å². The van der Waals surface area contributed by atoms with Gasteiger partial charge in [-0.2, -0.15) is 0 Å². The average molecular weight is 291 g/mol. The number of benzene rings is 1. The van der Waals surface area contributed by atoms with Crippen molar-refractivity contribution in [2.75, 3.05) is 6.54 Å². The number of guanidine groups is 1. The Hall–Kier alpha value is -1.16. The van der Waals surface area contributed by atoms with Gasteiger partial charge in [0.2, 0.25) is 0 Å². The van der Waals surface area contributed by atoms with E-state index in [0.717, 1.165) is 6.54 Å². The summed E-state index contributed by atoms with van der Waals surface area (Å²) in [5.41, 5.74) is 5.93. The van der Waals surface area contributed by atoms with Gasteiger partial charge < -0.3 is 11.1 Å². The van der Waals surface area contributed by atoms with Crippen LogP contribution in [0.3, 0.4) is 0 Å². The molecule has 1 aromatic rings. The van der Waals surface area contributed by atoms with E-state index in [0.29, 0.717) is 12.0 Å². The lowest BCUT2D eigenvalue weighted by atomic mass is 10.1. The minimum Gasteiger partial charge on any atom is -0.370 e. The number of rotatable bonds is 5. The van der Waals surface area contributed by atoms with Crippen LogP contribution in [-0.4, -0.2) is 23.3 Å². The molecule has 3 nitrogen and oxygen atoms in total. The van der Waals surface area contributed by atoms with E-state index < -0.39 is 0 Å². The molecule has 2 rings (SSSR count). The molecule has 110 valence electrons. The average Bonchev–Trinajstić information content (AvgIpc) is 2.86. The first-order valence-corrected chi connectivity index (χ1v) is 8.22. The molecule has 1 saturated carbocycles. The second kappa shape index (κ2) is 7.02. The Labute approximate surface area is 126 Å². The third kappa shape index (κ3) is 4.44. The van der Waals surface area contributed by atoms with Crippen LogP contribution in [0.4, 0.5) is 0 Å². The zero-order valence-corrected chi connectivity index (χ0v) is 13.2. The standard InChI is InChI=1S/C16H25N3S/c1-13(2)19-15(17)18-12-16(10-6-7-11-16)20-14-8-4-3-5-9-14/h3-5,8-9,13H,6-7,10-12H2,1-2H3,(H3,17,18,19). The third-order valence-electron chi connectivity index (χ3n) is 3.57. The van der Waals surface area contributed by atoms with Gasteiger partial charge in [-0.05, 0) is 38.8 Å². The topological polar surface area (TPSA) is 50.4 Å². The molecule has 0 saturated heterocycles. The van der Waals surface area contributed by atoms with Crippen LogP contribution in [0.1, 0.15) is 39.5 Å². The molecule has 3 N–H and O–H groups in total. The number of hydrogen-bond acceptors (Lipinski definition) is 2.